The first kappa shape index (κ1) is 15.6. The number of carboxylic acids is 1. The van der Waals surface area contributed by atoms with E-state index in [-0.39, 0.29) is 0 Å². The molecular weight excluding hydrogens is 270 g/mol. The van der Waals surface area contributed by atoms with Gasteiger partial charge in [0, 0.05) is 6.54 Å². The highest BCUT2D eigenvalue weighted by atomic mass is 32.2. The van der Waals surface area contributed by atoms with Crippen molar-refractivity contribution >= 4 is 29.7 Å². The van der Waals surface area contributed by atoms with E-state index < -0.39 is 30.4 Å². The highest BCUT2D eigenvalue weighted by molar-refractivity contribution is 7.99. The quantitative estimate of drug-likeness (QED) is 0.537. The minimum atomic E-state index is -1.28. The van der Waals surface area contributed by atoms with E-state index in [2.05, 4.69) is 10.6 Å². The molecule has 0 aromatic heterocycles. The second-order valence-electron chi connectivity index (χ2n) is 4.47. The van der Waals surface area contributed by atoms with E-state index >= 15 is 0 Å². The molecule has 1 aliphatic heterocycles. The molecule has 3 amide bonds. The molecular formula is C11H19N3O4S. The summed E-state index contributed by atoms with van der Waals surface area (Å²) in [6, 6.07) is -1.86. The van der Waals surface area contributed by atoms with Crippen molar-refractivity contribution in [3.8, 4) is 0 Å². The van der Waals surface area contributed by atoms with Gasteiger partial charge in [-0.15, -0.1) is 0 Å². The summed E-state index contributed by atoms with van der Waals surface area (Å²) < 4.78 is 0. The molecule has 19 heavy (non-hydrogen) atoms. The van der Waals surface area contributed by atoms with Crippen LogP contribution in [0.1, 0.15) is 19.3 Å². The van der Waals surface area contributed by atoms with Gasteiger partial charge in [-0.2, -0.15) is 11.8 Å². The highest BCUT2D eigenvalue weighted by Gasteiger charge is 2.22. The number of carbonyl (C=O) groups is 3. The molecule has 0 saturated carbocycles. The average molecular weight is 289 g/mol. The molecule has 0 aromatic rings. The molecule has 108 valence electrons. The summed E-state index contributed by atoms with van der Waals surface area (Å²) in [5, 5.41) is 13.7. The molecule has 1 atom stereocenters. The Morgan fingerprint density at radius 2 is 1.95 bits per heavy atom. The molecule has 0 radical (unpaired) electrons. The number of hydrogen-bond acceptors (Lipinski definition) is 4. The third kappa shape index (κ3) is 6.32. The van der Waals surface area contributed by atoms with E-state index in [1.54, 1.807) is 0 Å². The lowest BCUT2D eigenvalue weighted by Crippen LogP contribution is -2.48. The smallest absolute Gasteiger partial charge is 0.326 e. The Morgan fingerprint density at radius 3 is 2.47 bits per heavy atom. The SMILES string of the molecule is NC(=O)CC(NC(=O)NCC1CCSCC1)C(=O)O. The van der Waals surface area contributed by atoms with Gasteiger partial charge in [0.25, 0.3) is 0 Å². The van der Waals surface area contributed by atoms with Crippen molar-refractivity contribution in [1.29, 1.82) is 0 Å². The summed E-state index contributed by atoms with van der Waals surface area (Å²) in [4.78, 5) is 33.0. The summed E-state index contributed by atoms with van der Waals surface area (Å²) in [5.74, 6) is 0.576. The van der Waals surface area contributed by atoms with Crippen molar-refractivity contribution in [2.24, 2.45) is 11.7 Å². The van der Waals surface area contributed by atoms with Crippen molar-refractivity contribution in [2.75, 3.05) is 18.1 Å². The number of primary amides is 1. The van der Waals surface area contributed by atoms with Crippen LogP contribution in [0.3, 0.4) is 0 Å². The van der Waals surface area contributed by atoms with Gasteiger partial charge in [-0.3, -0.25) is 4.79 Å². The van der Waals surface area contributed by atoms with Crippen LogP contribution in [0.4, 0.5) is 4.79 Å². The van der Waals surface area contributed by atoms with Gasteiger partial charge >= 0.3 is 12.0 Å². The topological polar surface area (TPSA) is 122 Å². The van der Waals surface area contributed by atoms with Crippen LogP contribution < -0.4 is 16.4 Å². The molecule has 8 heteroatoms. The van der Waals surface area contributed by atoms with Crippen LogP contribution >= 0.6 is 11.8 Å². The van der Waals surface area contributed by atoms with Crippen molar-refractivity contribution in [3.05, 3.63) is 0 Å². The Kier molecular flexibility index (Phi) is 6.48. The van der Waals surface area contributed by atoms with Gasteiger partial charge < -0.3 is 21.5 Å². The van der Waals surface area contributed by atoms with Crippen LogP contribution in [0, 0.1) is 5.92 Å². The zero-order valence-electron chi connectivity index (χ0n) is 10.6. The van der Waals surface area contributed by atoms with Gasteiger partial charge in [0.1, 0.15) is 6.04 Å². The molecule has 1 rings (SSSR count). The van der Waals surface area contributed by atoms with Gasteiger partial charge in [0.2, 0.25) is 5.91 Å². The molecule has 1 heterocycles. The van der Waals surface area contributed by atoms with E-state index in [0.29, 0.717) is 12.5 Å². The molecule has 1 fully saturated rings. The lowest BCUT2D eigenvalue weighted by molar-refractivity contribution is -0.140. The number of hydrogen-bond donors (Lipinski definition) is 4. The highest BCUT2D eigenvalue weighted by Crippen LogP contribution is 2.21. The summed E-state index contributed by atoms with van der Waals surface area (Å²) in [6.45, 7) is 0.523. The number of thioether (sulfide) groups is 1. The first-order chi connectivity index (χ1) is 8.99. The molecule has 0 spiro atoms. The Morgan fingerprint density at radius 1 is 1.32 bits per heavy atom. The van der Waals surface area contributed by atoms with E-state index in [1.165, 1.54) is 0 Å². The standard InChI is InChI=1S/C11H19N3O4S/c12-9(15)5-8(10(16)17)14-11(18)13-6-7-1-3-19-4-2-7/h7-8H,1-6H2,(H2,12,15)(H,16,17)(H2,13,14,18). The number of rotatable bonds is 6. The number of urea groups is 1. The second kappa shape index (κ2) is 7.88. The molecule has 0 aliphatic carbocycles. The largest absolute Gasteiger partial charge is 0.480 e. The predicted octanol–water partition coefficient (Wildman–Crippen LogP) is -0.243. The fraction of sp³-hybridized carbons (Fsp3) is 0.727. The Labute approximate surface area is 115 Å². The van der Waals surface area contributed by atoms with Crippen LogP contribution in [0.5, 0.6) is 0 Å². The first-order valence-electron chi connectivity index (χ1n) is 6.12. The second-order valence-corrected chi connectivity index (χ2v) is 5.70. The molecule has 1 saturated heterocycles. The number of nitrogens with two attached hydrogens (primary N) is 1. The van der Waals surface area contributed by atoms with Gasteiger partial charge in [0.15, 0.2) is 0 Å². The van der Waals surface area contributed by atoms with Crippen LogP contribution in [-0.4, -0.2) is 47.1 Å². The maximum atomic E-state index is 11.5. The van der Waals surface area contributed by atoms with Crippen LogP contribution in [0.25, 0.3) is 0 Å². The van der Waals surface area contributed by atoms with E-state index in [0.717, 1.165) is 24.3 Å². The summed E-state index contributed by atoms with van der Waals surface area (Å²) >= 11 is 1.90. The molecule has 7 nitrogen and oxygen atoms in total. The fourth-order valence-corrected chi connectivity index (χ4v) is 3.00. The number of amides is 3. The van der Waals surface area contributed by atoms with Gasteiger partial charge in [-0.05, 0) is 30.3 Å². The normalized spacial score (nSPS) is 17.5. The summed E-state index contributed by atoms with van der Waals surface area (Å²) in [5.41, 5.74) is 4.92. The van der Waals surface area contributed by atoms with Gasteiger partial charge in [-0.1, -0.05) is 0 Å². The van der Waals surface area contributed by atoms with E-state index in [9.17, 15) is 14.4 Å². The van der Waals surface area contributed by atoms with Crippen LogP contribution in [0.15, 0.2) is 0 Å². The minimum Gasteiger partial charge on any atom is -0.480 e. The maximum absolute atomic E-state index is 11.5. The van der Waals surface area contributed by atoms with E-state index in [4.69, 9.17) is 10.8 Å². The zero-order valence-corrected chi connectivity index (χ0v) is 11.4. The van der Waals surface area contributed by atoms with Gasteiger partial charge in [-0.25, -0.2) is 9.59 Å². The molecule has 0 bridgehead atoms. The van der Waals surface area contributed by atoms with Crippen molar-refractivity contribution in [1.82, 2.24) is 10.6 Å². The first-order valence-corrected chi connectivity index (χ1v) is 7.27. The third-order valence-electron chi connectivity index (χ3n) is 2.90. The maximum Gasteiger partial charge on any atom is 0.326 e. The van der Waals surface area contributed by atoms with Crippen LogP contribution in [-0.2, 0) is 9.59 Å². The number of aliphatic carboxylic acids is 1. The summed E-state index contributed by atoms with van der Waals surface area (Å²) in [7, 11) is 0. The van der Waals surface area contributed by atoms with Crippen LogP contribution in [0.2, 0.25) is 0 Å². The van der Waals surface area contributed by atoms with Crippen molar-refractivity contribution in [2.45, 2.75) is 25.3 Å². The van der Waals surface area contributed by atoms with Crippen molar-refractivity contribution < 1.29 is 19.5 Å². The van der Waals surface area contributed by atoms with Crippen molar-refractivity contribution in [3.63, 3.8) is 0 Å². The monoisotopic (exact) mass is 289 g/mol. The molecule has 5 N–H and O–H groups in total. The average Bonchev–Trinajstić information content (AvgIpc) is 2.36. The lowest BCUT2D eigenvalue weighted by Gasteiger charge is -2.22. The Balaban J connectivity index is 2.31. The molecule has 0 aromatic carbocycles. The fourth-order valence-electron chi connectivity index (χ4n) is 1.80. The Bertz CT molecular complexity index is 345. The summed E-state index contributed by atoms with van der Waals surface area (Å²) in [6.07, 6.45) is 1.69. The van der Waals surface area contributed by atoms with Gasteiger partial charge in [0.05, 0.1) is 6.42 Å². The minimum absolute atomic E-state index is 0.414. The number of carbonyl (C=O) groups excluding carboxylic acids is 2. The molecule has 1 unspecified atom stereocenters. The molecule has 1 aliphatic rings. The van der Waals surface area contributed by atoms with E-state index in [1.807, 2.05) is 11.8 Å². The predicted molar refractivity (Wildman–Crippen MR) is 71.8 cm³/mol. The third-order valence-corrected chi connectivity index (χ3v) is 3.95. The Hall–Kier alpha value is -1.44. The zero-order chi connectivity index (χ0) is 14.3. The lowest BCUT2D eigenvalue weighted by atomic mass is 10.0. The number of nitrogens with one attached hydrogen (secondary N) is 2. The number of carboxylic acid groups (broad SMARTS) is 1.